The number of halogens is 1. The number of nitrogens with two attached hydrogens (primary N) is 1. The third-order valence-electron chi connectivity index (χ3n) is 5.52. The van der Waals surface area contributed by atoms with Crippen LogP contribution in [0.15, 0.2) is 65.1 Å². The number of carbonyl (C=O) groups excluding carboxylic acids is 1. The van der Waals surface area contributed by atoms with Gasteiger partial charge in [-0.1, -0.05) is 48.5 Å². The Morgan fingerprint density at radius 3 is 2.56 bits per heavy atom. The SMILES string of the molecule is CC(C(=O)N1C[C@@H](CN)[C@H](c2ccccc2)C1)c1cc2ccccc2o1.Cl. The molecule has 4 nitrogen and oxygen atoms in total. The quantitative estimate of drug-likeness (QED) is 0.734. The van der Waals surface area contributed by atoms with Gasteiger partial charge in [-0.05, 0) is 37.1 Å². The normalized spacial score (nSPS) is 20.4. The molecule has 4 rings (SSSR count). The van der Waals surface area contributed by atoms with E-state index in [-0.39, 0.29) is 24.2 Å². The van der Waals surface area contributed by atoms with E-state index in [1.54, 1.807) is 0 Å². The van der Waals surface area contributed by atoms with E-state index in [2.05, 4.69) is 12.1 Å². The van der Waals surface area contributed by atoms with Crippen LogP contribution in [-0.4, -0.2) is 30.4 Å². The summed E-state index contributed by atoms with van der Waals surface area (Å²) in [6.07, 6.45) is 0. The molecule has 0 bridgehead atoms. The van der Waals surface area contributed by atoms with E-state index in [1.807, 2.05) is 60.4 Å². The first-order valence-electron chi connectivity index (χ1n) is 9.19. The minimum absolute atomic E-state index is 0. The molecule has 1 aliphatic heterocycles. The highest BCUT2D eigenvalue weighted by Gasteiger charge is 2.37. The Hall–Kier alpha value is -2.30. The van der Waals surface area contributed by atoms with Crippen molar-refractivity contribution < 1.29 is 9.21 Å². The van der Waals surface area contributed by atoms with Gasteiger partial charge in [0.2, 0.25) is 5.91 Å². The number of benzene rings is 2. The number of para-hydroxylation sites is 1. The smallest absolute Gasteiger partial charge is 0.233 e. The van der Waals surface area contributed by atoms with E-state index in [0.29, 0.717) is 24.9 Å². The van der Waals surface area contributed by atoms with Crippen LogP contribution in [0, 0.1) is 5.92 Å². The molecule has 1 fully saturated rings. The van der Waals surface area contributed by atoms with Crippen molar-refractivity contribution in [3.8, 4) is 0 Å². The molecule has 1 aliphatic rings. The Kier molecular flexibility index (Phi) is 5.88. The Bertz CT molecular complexity index is 876. The fraction of sp³-hybridized carbons (Fsp3) is 0.318. The summed E-state index contributed by atoms with van der Waals surface area (Å²) in [4.78, 5) is 15.0. The van der Waals surface area contributed by atoms with E-state index in [9.17, 15) is 4.79 Å². The zero-order valence-electron chi connectivity index (χ0n) is 15.4. The summed E-state index contributed by atoms with van der Waals surface area (Å²) in [7, 11) is 0. The number of fused-ring (bicyclic) bond motifs is 1. The van der Waals surface area contributed by atoms with Crippen LogP contribution in [0.3, 0.4) is 0 Å². The van der Waals surface area contributed by atoms with E-state index < -0.39 is 0 Å². The second-order valence-corrected chi connectivity index (χ2v) is 7.16. The maximum absolute atomic E-state index is 13.1. The van der Waals surface area contributed by atoms with Gasteiger partial charge in [-0.15, -0.1) is 12.4 Å². The Labute approximate surface area is 165 Å². The van der Waals surface area contributed by atoms with Gasteiger partial charge in [-0.25, -0.2) is 0 Å². The Morgan fingerprint density at radius 2 is 1.85 bits per heavy atom. The van der Waals surface area contributed by atoms with Gasteiger partial charge in [-0.3, -0.25) is 4.79 Å². The zero-order valence-corrected chi connectivity index (χ0v) is 16.2. The Balaban J connectivity index is 0.00000210. The van der Waals surface area contributed by atoms with Gasteiger partial charge in [0, 0.05) is 24.4 Å². The van der Waals surface area contributed by atoms with Gasteiger partial charge in [0.05, 0.1) is 5.92 Å². The van der Waals surface area contributed by atoms with Crippen LogP contribution in [0.4, 0.5) is 0 Å². The fourth-order valence-electron chi connectivity index (χ4n) is 3.98. The lowest BCUT2D eigenvalue weighted by molar-refractivity contribution is -0.131. The van der Waals surface area contributed by atoms with Gasteiger partial charge >= 0.3 is 0 Å². The minimum Gasteiger partial charge on any atom is -0.460 e. The number of carbonyl (C=O) groups is 1. The topological polar surface area (TPSA) is 59.5 Å². The van der Waals surface area contributed by atoms with Crippen LogP contribution < -0.4 is 5.73 Å². The average Bonchev–Trinajstić information content (AvgIpc) is 3.31. The van der Waals surface area contributed by atoms with Crippen LogP contribution in [0.25, 0.3) is 11.0 Å². The number of nitrogens with zero attached hydrogens (tertiary/aromatic N) is 1. The molecule has 1 amide bonds. The summed E-state index contributed by atoms with van der Waals surface area (Å²) < 4.78 is 5.90. The molecule has 0 aliphatic carbocycles. The Morgan fingerprint density at radius 1 is 1.15 bits per heavy atom. The maximum Gasteiger partial charge on any atom is 0.233 e. The van der Waals surface area contributed by atoms with Crippen LogP contribution in [-0.2, 0) is 4.79 Å². The van der Waals surface area contributed by atoms with Crippen molar-refractivity contribution in [2.24, 2.45) is 11.7 Å². The van der Waals surface area contributed by atoms with Gasteiger partial charge in [-0.2, -0.15) is 0 Å². The van der Waals surface area contributed by atoms with Crippen molar-refractivity contribution in [1.82, 2.24) is 4.90 Å². The molecule has 2 heterocycles. The predicted octanol–water partition coefficient (Wildman–Crippen LogP) is 4.16. The predicted molar refractivity (Wildman–Crippen MR) is 110 cm³/mol. The van der Waals surface area contributed by atoms with Crippen molar-refractivity contribution in [2.75, 3.05) is 19.6 Å². The summed E-state index contributed by atoms with van der Waals surface area (Å²) >= 11 is 0. The number of amides is 1. The molecule has 1 saturated heterocycles. The molecule has 3 atom stereocenters. The van der Waals surface area contributed by atoms with E-state index in [0.717, 1.165) is 23.3 Å². The molecule has 0 radical (unpaired) electrons. The van der Waals surface area contributed by atoms with Crippen LogP contribution in [0.2, 0.25) is 0 Å². The lowest BCUT2D eigenvalue weighted by Gasteiger charge is -2.20. The lowest BCUT2D eigenvalue weighted by atomic mass is 9.89. The molecular weight excluding hydrogens is 360 g/mol. The summed E-state index contributed by atoms with van der Waals surface area (Å²) in [5.41, 5.74) is 8.09. The second-order valence-electron chi connectivity index (χ2n) is 7.16. The molecule has 142 valence electrons. The monoisotopic (exact) mass is 384 g/mol. The number of furan rings is 1. The third kappa shape index (κ3) is 3.73. The van der Waals surface area contributed by atoms with Crippen molar-refractivity contribution in [3.05, 3.63) is 72.0 Å². The first-order valence-corrected chi connectivity index (χ1v) is 9.19. The first-order chi connectivity index (χ1) is 12.7. The second kappa shape index (κ2) is 8.15. The molecule has 2 aromatic carbocycles. The fourth-order valence-corrected chi connectivity index (χ4v) is 3.98. The first kappa shape index (κ1) is 19.5. The molecule has 27 heavy (non-hydrogen) atoms. The van der Waals surface area contributed by atoms with Crippen LogP contribution >= 0.6 is 12.4 Å². The van der Waals surface area contributed by atoms with Gasteiger partial charge in [0.15, 0.2) is 0 Å². The molecule has 1 aromatic heterocycles. The van der Waals surface area contributed by atoms with Crippen LogP contribution in [0.5, 0.6) is 0 Å². The average molecular weight is 385 g/mol. The molecule has 0 saturated carbocycles. The molecule has 5 heteroatoms. The van der Waals surface area contributed by atoms with E-state index in [4.69, 9.17) is 10.2 Å². The van der Waals surface area contributed by atoms with Crippen molar-refractivity contribution in [1.29, 1.82) is 0 Å². The highest BCUT2D eigenvalue weighted by atomic mass is 35.5. The van der Waals surface area contributed by atoms with Gasteiger partial charge in [0.25, 0.3) is 0 Å². The number of likely N-dealkylation sites (tertiary alicyclic amines) is 1. The number of rotatable bonds is 4. The molecule has 1 unspecified atom stereocenters. The zero-order chi connectivity index (χ0) is 18.1. The lowest BCUT2D eigenvalue weighted by Crippen LogP contribution is -2.33. The third-order valence-corrected chi connectivity index (χ3v) is 5.52. The highest BCUT2D eigenvalue weighted by Crippen LogP contribution is 2.34. The molecule has 2 N–H and O–H groups in total. The summed E-state index contributed by atoms with van der Waals surface area (Å²) in [6, 6.07) is 20.2. The van der Waals surface area contributed by atoms with E-state index in [1.165, 1.54) is 5.56 Å². The summed E-state index contributed by atoms with van der Waals surface area (Å²) in [5.74, 6) is 1.14. The van der Waals surface area contributed by atoms with Gasteiger partial charge in [0.1, 0.15) is 11.3 Å². The van der Waals surface area contributed by atoms with Gasteiger partial charge < -0.3 is 15.1 Å². The van der Waals surface area contributed by atoms with Crippen molar-refractivity contribution in [3.63, 3.8) is 0 Å². The van der Waals surface area contributed by atoms with Crippen molar-refractivity contribution >= 4 is 29.3 Å². The molecule has 3 aromatic rings. The highest BCUT2D eigenvalue weighted by molar-refractivity contribution is 5.86. The van der Waals surface area contributed by atoms with Crippen molar-refractivity contribution in [2.45, 2.75) is 18.8 Å². The number of hydrogen-bond acceptors (Lipinski definition) is 3. The van der Waals surface area contributed by atoms with E-state index >= 15 is 0 Å². The standard InChI is InChI=1S/C22H24N2O2.ClH/c1-15(21-11-17-9-5-6-10-20(17)26-21)22(25)24-13-18(12-23)19(14-24)16-7-3-2-4-8-16;/h2-11,15,18-19H,12-14,23H2,1H3;1H/t15?,18-,19+;/m1./s1. The number of hydrogen-bond donors (Lipinski definition) is 1. The van der Waals surface area contributed by atoms with Crippen LogP contribution in [0.1, 0.15) is 30.1 Å². The summed E-state index contributed by atoms with van der Waals surface area (Å²) in [5, 5.41) is 1.03. The molecular formula is C22H25ClN2O2. The minimum atomic E-state index is -0.296. The molecule has 0 spiro atoms. The summed E-state index contributed by atoms with van der Waals surface area (Å²) in [6.45, 7) is 3.93. The maximum atomic E-state index is 13.1. The largest absolute Gasteiger partial charge is 0.460 e.